The molecule has 1 unspecified atom stereocenters. The Balaban J connectivity index is 1.93. The summed E-state index contributed by atoms with van der Waals surface area (Å²) in [6.07, 6.45) is 2.94. The molecule has 0 radical (unpaired) electrons. The first-order valence-corrected chi connectivity index (χ1v) is 10.2. The minimum atomic E-state index is -3.70. The average molecular weight is 385 g/mol. The third-order valence-electron chi connectivity index (χ3n) is 4.51. The van der Waals surface area contributed by atoms with Crippen molar-refractivity contribution in [3.8, 4) is 11.4 Å². The number of rotatable bonds is 7. The second kappa shape index (κ2) is 7.94. The minimum Gasteiger partial charge on any atom is -0.497 e. The molecule has 1 aromatic heterocycles. The fourth-order valence-corrected chi connectivity index (χ4v) is 4.58. The highest BCUT2D eigenvalue weighted by atomic mass is 32.2. The van der Waals surface area contributed by atoms with Crippen molar-refractivity contribution in [1.29, 1.82) is 0 Å². The maximum atomic E-state index is 13.2. The zero-order valence-electron chi connectivity index (χ0n) is 15.6. The summed E-state index contributed by atoms with van der Waals surface area (Å²) in [4.78, 5) is 0.169. The quantitative estimate of drug-likeness (QED) is 0.623. The third-order valence-corrected chi connectivity index (χ3v) is 6.50. The predicted molar refractivity (Wildman–Crippen MR) is 105 cm³/mol. The van der Waals surface area contributed by atoms with E-state index in [1.807, 2.05) is 68.4 Å². The third kappa shape index (κ3) is 3.89. The van der Waals surface area contributed by atoms with Crippen LogP contribution in [0.25, 0.3) is 5.69 Å². The van der Waals surface area contributed by atoms with Gasteiger partial charge in [0.1, 0.15) is 10.6 Å². The van der Waals surface area contributed by atoms with E-state index in [0.29, 0.717) is 12.3 Å². The number of para-hydroxylation sites is 1. The van der Waals surface area contributed by atoms with Crippen LogP contribution in [0.1, 0.15) is 25.5 Å². The summed E-state index contributed by atoms with van der Waals surface area (Å²) in [5, 5.41) is 4.22. The molecule has 0 aliphatic carbocycles. The Labute approximate surface area is 160 Å². The van der Waals surface area contributed by atoms with Gasteiger partial charge in [-0.3, -0.25) is 0 Å². The first-order valence-electron chi connectivity index (χ1n) is 8.73. The maximum absolute atomic E-state index is 13.2. The molecule has 0 saturated heterocycles. The molecule has 1 heterocycles. The average Bonchev–Trinajstić information content (AvgIpc) is 3.20. The highest BCUT2D eigenvalue weighted by Gasteiger charge is 2.30. The van der Waals surface area contributed by atoms with Crippen LogP contribution in [-0.2, 0) is 10.0 Å². The molecular weight excluding hydrogens is 362 g/mol. The molecule has 0 aliphatic heterocycles. The monoisotopic (exact) mass is 385 g/mol. The van der Waals surface area contributed by atoms with Gasteiger partial charge in [-0.15, -0.1) is 0 Å². The molecule has 6 nitrogen and oxygen atoms in total. The van der Waals surface area contributed by atoms with E-state index in [1.54, 1.807) is 18.0 Å². The van der Waals surface area contributed by atoms with Crippen molar-refractivity contribution in [3.05, 3.63) is 72.6 Å². The van der Waals surface area contributed by atoms with Gasteiger partial charge < -0.3 is 4.74 Å². The van der Waals surface area contributed by atoms with Gasteiger partial charge in [-0.05, 0) is 36.8 Å². The van der Waals surface area contributed by atoms with Crippen LogP contribution >= 0.6 is 0 Å². The van der Waals surface area contributed by atoms with Crippen LogP contribution in [0.3, 0.4) is 0 Å². The van der Waals surface area contributed by atoms with Crippen molar-refractivity contribution in [3.63, 3.8) is 0 Å². The molecule has 1 atom stereocenters. The Hall–Kier alpha value is -2.64. The van der Waals surface area contributed by atoms with E-state index in [1.165, 1.54) is 10.5 Å². The van der Waals surface area contributed by atoms with Crippen molar-refractivity contribution in [1.82, 2.24) is 14.1 Å². The molecule has 0 N–H and O–H groups in total. The SMILES string of the molecule is CCN(C(C)c1cccc(OC)c1)S(=O)(=O)c1cnn(-c2ccccc2)c1. The van der Waals surface area contributed by atoms with Crippen molar-refractivity contribution < 1.29 is 13.2 Å². The highest BCUT2D eigenvalue weighted by Crippen LogP contribution is 2.29. The Bertz CT molecular complexity index is 1000. The van der Waals surface area contributed by atoms with E-state index in [4.69, 9.17) is 4.74 Å². The largest absolute Gasteiger partial charge is 0.497 e. The van der Waals surface area contributed by atoms with E-state index in [9.17, 15) is 8.42 Å². The van der Waals surface area contributed by atoms with Gasteiger partial charge >= 0.3 is 0 Å². The van der Waals surface area contributed by atoms with E-state index >= 15 is 0 Å². The van der Waals surface area contributed by atoms with Gasteiger partial charge in [0.05, 0.1) is 25.2 Å². The molecule has 2 aromatic carbocycles. The zero-order chi connectivity index (χ0) is 19.4. The topological polar surface area (TPSA) is 64.4 Å². The van der Waals surface area contributed by atoms with Crippen molar-refractivity contribution in [2.75, 3.05) is 13.7 Å². The number of methoxy groups -OCH3 is 1. The molecule has 3 rings (SSSR count). The Morgan fingerprint density at radius 1 is 1.15 bits per heavy atom. The van der Waals surface area contributed by atoms with Crippen LogP contribution in [0, 0.1) is 0 Å². The zero-order valence-corrected chi connectivity index (χ0v) is 16.4. The van der Waals surface area contributed by atoms with E-state index < -0.39 is 10.0 Å². The minimum absolute atomic E-state index is 0.169. The van der Waals surface area contributed by atoms with Gasteiger partial charge in [-0.2, -0.15) is 9.40 Å². The van der Waals surface area contributed by atoms with Crippen LogP contribution in [-0.4, -0.2) is 36.2 Å². The summed E-state index contributed by atoms with van der Waals surface area (Å²) in [6.45, 7) is 4.05. The van der Waals surface area contributed by atoms with E-state index in [0.717, 1.165) is 11.3 Å². The van der Waals surface area contributed by atoms with Crippen LogP contribution in [0.4, 0.5) is 0 Å². The number of hydrogen-bond donors (Lipinski definition) is 0. The molecule has 0 bridgehead atoms. The van der Waals surface area contributed by atoms with Gasteiger partial charge in [0.2, 0.25) is 10.0 Å². The van der Waals surface area contributed by atoms with E-state index in [2.05, 4.69) is 5.10 Å². The summed E-state index contributed by atoms with van der Waals surface area (Å²) in [5.74, 6) is 0.699. The van der Waals surface area contributed by atoms with Gasteiger partial charge in [-0.1, -0.05) is 37.3 Å². The number of benzene rings is 2. The highest BCUT2D eigenvalue weighted by molar-refractivity contribution is 7.89. The molecule has 27 heavy (non-hydrogen) atoms. The van der Waals surface area contributed by atoms with Gasteiger partial charge in [0, 0.05) is 12.6 Å². The van der Waals surface area contributed by atoms with Crippen molar-refractivity contribution in [2.24, 2.45) is 0 Å². The first kappa shape index (κ1) is 19.1. The molecule has 0 spiro atoms. The molecule has 0 saturated carbocycles. The van der Waals surface area contributed by atoms with Crippen LogP contribution in [0.2, 0.25) is 0 Å². The molecular formula is C20H23N3O3S. The summed E-state index contributed by atoms with van der Waals surface area (Å²) >= 11 is 0. The fourth-order valence-electron chi connectivity index (χ4n) is 3.02. The van der Waals surface area contributed by atoms with Gasteiger partial charge in [0.25, 0.3) is 0 Å². The lowest BCUT2D eigenvalue weighted by Crippen LogP contribution is -2.33. The lowest BCUT2D eigenvalue weighted by atomic mass is 10.1. The molecule has 3 aromatic rings. The second-order valence-corrected chi connectivity index (χ2v) is 8.01. The van der Waals surface area contributed by atoms with Crippen LogP contribution in [0.5, 0.6) is 5.75 Å². The summed E-state index contributed by atoms with van der Waals surface area (Å²) in [6, 6.07) is 16.5. The summed E-state index contributed by atoms with van der Waals surface area (Å²) in [7, 11) is -2.10. The Morgan fingerprint density at radius 2 is 1.89 bits per heavy atom. The van der Waals surface area contributed by atoms with E-state index in [-0.39, 0.29) is 10.9 Å². The molecule has 7 heteroatoms. The Kier molecular flexibility index (Phi) is 5.62. The molecule has 0 fully saturated rings. The van der Waals surface area contributed by atoms with Crippen molar-refractivity contribution in [2.45, 2.75) is 24.8 Å². The number of aromatic nitrogens is 2. The standard InChI is InChI=1S/C20H23N3O3S/c1-4-23(16(2)17-9-8-12-19(13-17)26-3)27(24,25)20-14-21-22(15-20)18-10-6-5-7-11-18/h5-16H,4H2,1-3H3. The fraction of sp³-hybridized carbons (Fsp3) is 0.250. The van der Waals surface area contributed by atoms with Crippen molar-refractivity contribution >= 4 is 10.0 Å². The van der Waals surface area contributed by atoms with Gasteiger partial charge in [0.15, 0.2) is 0 Å². The lowest BCUT2D eigenvalue weighted by molar-refractivity contribution is 0.354. The summed E-state index contributed by atoms with van der Waals surface area (Å²) in [5.41, 5.74) is 1.68. The Morgan fingerprint density at radius 3 is 2.56 bits per heavy atom. The van der Waals surface area contributed by atoms with Gasteiger partial charge in [-0.25, -0.2) is 13.1 Å². The smallest absolute Gasteiger partial charge is 0.246 e. The normalized spacial score (nSPS) is 12.9. The molecule has 0 amide bonds. The second-order valence-electron chi connectivity index (χ2n) is 6.12. The number of sulfonamides is 1. The summed E-state index contributed by atoms with van der Waals surface area (Å²) < 4.78 is 34.7. The first-order chi connectivity index (χ1) is 13.0. The number of ether oxygens (including phenoxy) is 1. The molecule has 0 aliphatic rings. The number of hydrogen-bond acceptors (Lipinski definition) is 4. The van der Waals surface area contributed by atoms with Crippen LogP contribution < -0.4 is 4.74 Å². The predicted octanol–water partition coefficient (Wildman–Crippen LogP) is 3.65. The number of nitrogens with zero attached hydrogens (tertiary/aromatic N) is 3. The maximum Gasteiger partial charge on any atom is 0.246 e. The molecule has 142 valence electrons. The lowest BCUT2D eigenvalue weighted by Gasteiger charge is -2.27. The van der Waals surface area contributed by atoms with Crippen LogP contribution in [0.15, 0.2) is 71.9 Å².